The van der Waals surface area contributed by atoms with Gasteiger partial charge in [0.2, 0.25) is 0 Å². The number of hydrazine groups is 1. The normalized spacial score (nSPS) is 13.9. The molecule has 8 nitrogen and oxygen atoms in total. The van der Waals surface area contributed by atoms with Crippen LogP contribution in [0.2, 0.25) is 0 Å². The minimum atomic E-state index is -0.542. The number of carbonyl (C=O) groups is 2. The topological polar surface area (TPSA) is 100 Å². The van der Waals surface area contributed by atoms with Gasteiger partial charge in [-0.25, -0.2) is 0 Å². The van der Waals surface area contributed by atoms with E-state index in [1.54, 1.807) is 18.2 Å². The van der Waals surface area contributed by atoms with Crippen LogP contribution in [-0.4, -0.2) is 35.1 Å². The Kier molecular flexibility index (Phi) is 3.99. The Hall–Kier alpha value is -2.90. The molecule has 0 bridgehead atoms. The maximum absolute atomic E-state index is 11.9. The maximum atomic E-state index is 11.9. The second-order valence-electron chi connectivity index (χ2n) is 4.86. The average Bonchev–Trinajstić information content (AvgIpc) is 3.25. The highest BCUT2D eigenvalue weighted by molar-refractivity contribution is 5.96. The molecule has 3 rings (SSSR count). The summed E-state index contributed by atoms with van der Waals surface area (Å²) in [6, 6.07) is 6.40. The SMILES string of the molecule is O=C(NNC(=O)c1ccco1)c1ccc(N2CCCC2)nn1. The fraction of sp³-hybridized carbons (Fsp3) is 0.286. The van der Waals surface area contributed by atoms with E-state index in [4.69, 9.17) is 4.42 Å². The Morgan fingerprint density at radius 1 is 1.05 bits per heavy atom. The first-order valence-corrected chi connectivity index (χ1v) is 6.97. The summed E-state index contributed by atoms with van der Waals surface area (Å²) in [5.41, 5.74) is 4.63. The van der Waals surface area contributed by atoms with Gasteiger partial charge in [-0.3, -0.25) is 20.4 Å². The Morgan fingerprint density at radius 2 is 1.82 bits per heavy atom. The van der Waals surface area contributed by atoms with Crippen molar-refractivity contribution in [2.45, 2.75) is 12.8 Å². The molecular weight excluding hydrogens is 286 g/mol. The predicted molar refractivity (Wildman–Crippen MR) is 77.1 cm³/mol. The van der Waals surface area contributed by atoms with Gasteiger partial charge in [0.15, 0.2) is 17.3 Å². The summed E-state index contributed by atoms with van der Waals surface area (Å²) in [7, 11) is 0. The molecule has 0 spiro atoms. The quantitative estimate of drug-likeness (QED) is 0.811. The number of aromatic nitrogens is 2. The maximum Gasteiger partial charge on any atom is 0.305 e. The predicted octanol–water partition coefficient (Wildman–Crippen LogP) is 0.745. The summed E-state index contributed by atoms with van der Waals surface area (Å²) in [5.74, 6) is -0.218. The van der Waals surface area contributed by atoms with Gasteiger partial charge in [0.25, 0.3) is 5.91 Å². The van der Waals surface area contributed by atoms with Gasteiger partial charge in [-0.1, -0.05) is 0 Å². The number of hydrogen-bond acceptors (Lipinski definition) is 6. The van der Waals surface area contributed by atoms with Crippen molar-refractivity contribution in [3.05, 3.63) is 42.0 Å². The Balaban J connectivity index is 1.56. The summed E-state index contributed by atoms with van der Waals surface area (Å²) < 4.78 is 4.91. The average molecular weight is 301 g/mol. The van der Waals surface area contributed by atoms with E-state index in [0.717, 1.165) is 31.7 Å². The van der Waals surface area contributed by atoms with Crippen LogP contribution in [0.1, 0.15) is 33.9 Å². The second kappa shape index (κ2) is 6.25. The molecule has 0 aliphatic carbocycles. The van der Waals surface area contributed by atoms with Crippen molar-refractivity contribution in [2.24, 2.45) is 0 Å². The van der Waals surface area contributed by atoms with Gasteiger partial charge in [-0.2, -0.15) is 0 Å². The highest BCUT2D eigenvalue weighted by Crippen LogP contribution is 2.16. The first-order valence-electron chi connectivity index (χ1n) is 6.97. The largest absolute Gasteiger partial charge is 0.459 e. The van der Waals surface area contributed by atoms with Crippen LogP contribution in [0.3, 0.4) is 0 Å². The molecule has 8 heteroatoms. The molecule has 1 aliphatic rings. The Labute approximate surface area is 126 Å². The van der Waals surface area contributed by atoms with E-state index in [-0.39, 0.29) is 11.5 Å². The summed E-state index contributed by atoms with van der Waals surface area (Å²) in [5, 5.41) is 7.93. The lowest BCUT2D eigenvalue weighted by atomic mass is 10.3. The minimum Gasteiger partial charge on any atom is -0.459 e. The summed E-state index contributed by atoms with van der Waals surface area (Å²) in [6.45, 7) is 1.92. The number of furan rings is 1. The molecule has 1 saturated heterocycles. The fourth-order valence-corrected chi connectivity index (χ4v) is 2.21. The second-order valence-corrected chi connectivity index (χ2v) is 4.86. The molecule has 0 atom stereocenters. The van der Waals surface area contributed by atoms with E-state index < -0.39 is 11.8 Å². The van der Waals surface area contributed by atoms with E-state index in [9.17, 15) is 9.59 Å². The monoisotopic (exact) mass is 301 g/mol. The summed E-state index contributed by atoms with van der Waals surface area (Å²) in [6.07, 6.45) is 3.66. The third kappa shape index (κ3) is 3.05. The lowest BCUT2D eigenvalue weighted by molar-refractivity contribution is 0.0828. The molecule has 0 saturated carbocycles. The zero-order chi connectivity index (χ0) is 15.4. The van der Waals surface area contributed by atoms with Crippen LogP contribution in [-0.2, 0) is 0 Å². The third-order valence-corrected chi connectivity index (χ3v) is 3.35. The van der Waals surface area contributed by atoms with E-state index in [2.05, 4.69) is 25.9 Å². The van der Waals surface area contributed by atoms with Gasteiger partial charge in [-0.05, 0) is 37.1 Å². The Morgan fingerprint density at radius 3 is 2.45 bits per heavy atom. The van der Waals surface area contributed by atoms with Crippen molar-refractivity contribution < 1.29 is 14.0 Å². The molecule has 1 fully saturated rings. The number of hydrogen-bond donors (Lipinski definition) is 2. The lowest BCUT2D eigenvalue weighted by Crippen LogP contribution is -2.41. The van der Waals surface area contributed by atoms with Crippen LogP contribution in [0.15, 0.2) is 34.9 Å². The molecule has 2 aromatic rings. The number of rotatable bonds is 3. The van der Waals surface area contributed by atoms with E-state index in [1.807, 2.05) is 0 Å². The van der Waals surface area contributed by atoms with Crippen molar-refractivity contribution in [3.8, 4) is 0 Å². The molecule has 0 aromatic carbocycles. The Bertz CT molecular complexity index is 648. The number of anilines is 1. The molecule has 0 radical (unpaired) electrons. The molecule has 3 heterocycles. The van der Waals surface area contributed by atoms with Gasteiger partial charge in [-0.15, -0.1) is 10.2 Å². The van der Waals surface area contributed by atoms with Crippen molar-refractivity contribution in [1.29, 1.82) is 0 Å². The summed E-state index contributed by atoms with van der Waals surface area (Å²) in [4.78, 5) is 25.6. The van der Waals surface area contributed by atoms with E-state index in [1.165, 1.54) is 12.3 Å². The van der Waals surface area contributed by atoms with Crippen LogP contribution in [0.4, 0.5) is 5.82 Å². The number of amides is 2. The zero-order valence-corrected chi connectivity index (χ0v) is 11.8. The first kappa shape index (κ1) is 14.1. The van der Waals surface area contributed by atoms with E-state index in [0.29, 0.717) is 0 Å². The minimum absolute atomic E-state index is 0.107. The summed E-state index contributed by atoms with van der Waals surface area (Å²) >= 11 is 0. The standard InChI is InChI=1S/C14H15N5O3/c20-13(17-18-14(21)11-4-3-9-22-11)10-5-6-12(16-15-10)19-7-1-2-8-19/h3-6,9H,1-2,7-8H2,(H,17,20)(H,18,21). The highest BCUT2D eigenvalue weighted by atomic mass is 16.3. The van der Waals surface area contributed by atoms with Crippen molar-refractivity contribution >= 4 is 17.6 Å². The van der Waals surface area contributed by atoms with Gasteiger partial charge in [0.05, 0.1) is 6.26 Å². The van der Waals surface area contributed by atoms with Crippen LogP contribution in [0.5, 0.6) is 0 Å². The van der Waals surface area contributed by atoms with Gasteiger partial charge < -0.3 is 9.32 Å². The molecule has 22 heavy (non-hydrogen) atoms. The number of carbonyl (C=O) groups excluding carboxylic acids is 2. The molecule has 2 aromatic heterocycles. The fourth-order valence-electron chi connectivity index (χ4n) is 2.21. The smallest absolute Gasteiger partial charge is 0.305 e. The zero-order valence-electron chi connectivity index (χ0n) is 11.8. The van der Waals surface area contributed by atoms with E-state index >= 15 is 0 Å². The van der Waals surface area contributed by atoms with Crippen LogP contribution in [0.25, 0.3) is 0 Å². The van der Waals surface area contributed by atoms with Crippen molar-refractivity contribution in [1.82, 2.24) is 21.0 Å². The molecule has 2 N–H and O–H groups in total. The molecule has 2 amide bonds. The van der Waals surface area contributed by atoms with Gasteiger partial charge >= 0.3 is 5.91 Å². The van der Waals surface area contributed by atoms with Crippen LogP contribution >= 0.6 is 0 Å². The molecule has 114 valence electrons. The number of nitrogens with zero attached hydrogens (tertiary/aromatic N) is 3. The lowest BCUT2D eigenvalue weighted by Gasteiger charge is -2.15. The van der Waals surface area contributed by atoms with Gasteiger partial charge in [0, 0.05) is 13.1 Å². The third-order valence-electron chi connectivity index (χ3n) is 3.35. The number of nitrogens with one attached hydrogen (secondary N) is 2. The highest BCUT2D eigenvalue weighted by Gasteiger charge is 2.16. The first-order chi connectivity index (χ1) is 10.7. The van der Waals surface area contributed by atoms with Crippen LogP contribution in [0, 0.1) is 0 Å². The molecular formula is C14H15N5O3. The molecule has 1 aliphatic heterocycles. The molecule has 0 unspecified atom stereocenters. The van der Waals surface area contributed by atoms with Gasteiger partial charge in [0.1, 0.15) is 0 Å². The van der Waals surface area contributed by atoms with Crippen LogP contribution < -0.4 is 15.8 Å². The van der Waals surface area contributed by atoms with Crippen molar-refractivity contribution in [2.75, 3.05) is 18.0 Å². The van der Waals surface area contributed by atoms with Crippen molar-refractivity contribution in [3.63, 3.8) is 0 Å².